The molecule has 0 saturated carbocycles. The molecule has 2 amide bonds. The summed E-state index contributed by atoms with van der Waals surface area (Å²) in [6.45, 7) is 4.10. The molecule has 0 bridgehead atoms. The highest BCUT2D eigenvalue weighted by molar-refractivity contribution is 6.05. The van der Waals surface area contributed by atoms with Crippen LogP contribution >= 0.6 is 0 Å². The lowest BCUT2D eigenvalue weighted by Crippen LogP contribution is -2.42. The van der Waals surface area contributed by atoms with Crippen LogP contribution in [0, 0.1) is 6.92 Å². The number of benzene rings is 1. The first-order valence-corrected chi connectivity index (χ1v) is 8.84. The number of carbonyl (C=O) groups excluding carboxylic acids is 2. The third kappa shape index (κ3) is 4.17. The quantitative estimate of drug-likeness (QED) is 0.521. The number of aromatic nitrogens is 2. The van der Waals surface area contributed by atoms with Gasteiger partial charge in [-0.1, -0.05) is 25.1 Å². The summed E-state index contributed by atoms with van der Waals surface area (Å²) >= 11 is 0. The molecule has 8 nitrogen and oxygen atoms in total. The fourth-order valence-corrected chi connectivity index (χ4v) is 2.69. The predicted octanol–water partition coefficient (Wildman–Crippen LogP) is 2.18. The summed E-state index contributed by atoms with van der Waals surface area (Å²) in [5.74, 6) is 0.108. The molecule has 0 radical (unpaired) electrons. The highest BCUT2D eigenvalue weighted by Crippen LogP contribution is 2.13. The molecule has 0 spiro atoms. The van der Waals surface area contributed by atoms with Crippen molar-refractivity contribution in [3.8, 4) is 0 Å². The number of rotatable bonds is 5. The van der Waals surface area contributed by atoms with Gasteiger partial charge in [-0.25, -0.2) is 4.68 Å². The second-order valence-electron chi connectivity index (χ2n) is 6.15. The van der Waals surface area contributed by atoms with Gasteiger partial charge in [-0.3, -0.25) is 25.2 Å². The summed E-state index contributed by atoms with van der Waals surface area (Å²) < 4.78 is 6.59. The molecule has 0 aliphatic heterocycles. The van der Waals surface area contributed by atoms with Crippen LogP contribution in [0.15, 0.2) is 51.7 Å². The number of nitrogens with zero attached hydrogens (tertiary/aromatic N) is 2. The van der Waals surface area contributed by atoms with E-state index in [1.807, 2.05) is 6.92 Å². The van der Waals surface area contributed by atoms with Gasteiger partial charge in [-0.05, 0) is 37.6 Å². The molecule has 28 heavy (non-hydrogen) atoms. The van der Waals surface area contributed by atoms with Gasteiger partial charge in [0.05, 0.1) is 5.39 Å². The summed E-state index contributed by atoms with van der Waals surface area (Å²) in [6.07, 6.45) is 3.42. The van der Waals surface area contributed by atoms with Crippen LogP contribution in [0.4, 0.5) is 0 Å². The maximum absolute atomic E-state index is 12.6. The van der Waals surface area contributed by atoms with Crippen molar-refractivity contribution in [2.24, 2.45) is 0 Å². The second kappa shape index (κ2) is 8.34. The van der Waals surface area contributed by atoms with Gasteiger partial charge >= 0.3 is 0 Å². The minimum absolute atomic E-state index is 0.0644. The molecule has 0 aliphatic rings. The lowest BCUT2D eigenvalue weighted by atomic mass is 10.1. The average molecular weight is 380 g/mol. The maximum Gasteiger partial charge on any atom is 0.290 e. The molecule has 2 N–H and O–H groups in total. The first-order valence-electron chi connectivity index (χ1n) is 8.84. The molecule has 0 aliphatic carbocycles. The highest BCUT2D eigenvalue weighted by Gasteiger charge is 2.16. The molecule has 0 fully saturated rings. The summed E-state index contributed by atoms with van der Waals surface area (Å²) in [5, 5.41) is 5.00. The Morgan fingerprint density at radius 1 is 1.14 bits per heavy atom. The van der Waals surface area contributed by atoms with E-state index in [0.717, 1.165) is 5.76 Å². The summed E-state index contributed by atoms with van der Waals surface area (Å²) in [4.78, 5) is 36.9. The van der Waals surface area contributed by atoms with Gasteiger partial charge in [-0.2, -0.15) is 5.10 Å². The Morgan fingerprint density at radius 3 is 2.57 bits per heavy atom. The minimum atomic E-state index is -0.614. The fourth-order valence-electron chi connectivity index (χ4n) is 2.69. The Labute approximate surface area is 160 Å². The molecule has 2 aromatic heterocycles. The monoisotopic (exact) mass is 380 g/mol. The molecule has 8 heteroatoms. The number of amides is 2. The number of nitrogens with one attached hydrogen (secondary N) is 2. The van der Waals surface area contributed by atoms with E-state index in [2.05, 4.69) is 16.0 Å². The van der Waals surface area contributed by atoms with E-state index in [1.54, 1.807) is 43.3 Å². The Morgan fingerprint density at radius 2 is 1.89 bits per heavy atom. The Kier molecular flexibility index (Phi) is 5.69. The van der Waals surface area contributed by atoms with E-state index in [4.69, 9.17) is 4.42 Å². The summed E-state index contributed by atoms with van der Waals surface area (Å²) in [7, 11) is 0. The SMILES string of the molecule is CCCn1nc(C(=O)NNC(=O)/C=C/c2ccc(C)o2)c2ccccc2c1=O. The predicted molar refractivity (Wildman–Crippen MR) is 104 cm³/mol. The average Bonchev–Trinajstić information content (AvgIpc) is 3.12. The number of carbonyl (C=O) groups is 2. The van der Waals surface area contributed by atoms with Crippen LogP contribution in [-0.2, 0) is 11.3 Å². The van der Waals surface area contributed by atoms with E-state index >= 15 is 0 Å². The van der Waals surface area contributed by atoms with Crippen LogP contribution in [0.3, 0.4) is 0 Å². The number of hydrazine groups is 1. The summed E-state index contributed by atoms with van der Waals surface area (Å²) in [5.41, 5.74) is 4.43. The summed E-state index contributed by atoms with van der Waals surface area (Å²) in [6, 6.07) is 10.2. The molecule has 3 rings (SSSR count). The zero-order valence-corrected chi connectivity index (χ0v) is 15.6. The zero-order valence-electron chi connectivity index (χ0n) is 15.6. The van der Waals surface area contributed by atoms with Crippen molar-refractivity contribution in [1.29, 1.82) is 0 Å². The van der Waals surface area contributed by atoms with Crippen molar-refractivity contribution in [3.63, 3.8) is 0 Å². The number of fused-ring (bicyclic) bond motifs is 1. The van der Waals surface area contributed by atoms with Crippen LogP contribution < -0.4 is 16.4 Å². The molecule has 0 unspecified atom stereocenters. The normalized spacial score (nSPS) is 11.1. The fraction of sp³-hybridized carbons (Fsp3) is 0.200. The van der Waals surface area contributed by atoms with Crippen LogP contribution in [0.1, 0.15) is 35.4 Å². The first-order chi connectivity index (χ1) is 13.5. The standard InChI is InChI=1S/C20H20N4O4/c1-3-12-24-20(27)16-7-5-4-6-15(16)18(23-24)19(26)22-21-17(25)11-10-14-9-8-13(2)28-14/h4-11H,3,12H2,1-2H3,(H,21,25)(H,22,26)/b11-10+. The van der Waals surface area contributed by atoms with Crippen molar-refractivity contribution >= 4 is 28.7 Å². The van der Waals surface area contributed by atoms with Gasteiger partial charge in [0.25, 0.3) is 17.4 Å². The Bertz CT molecular complexity index is 1110. The Balaban J connectivity index is 1.77. The van der Waals surface area contributed by atoms with Gasteiger partial charge in [0.15, 0.2) is 5.69 Å². The molecule has 2 heterocycles. The lowest BCUT2D eigenvalue weighted by molar-refractivity contribution is -0.117. The largest absolute Gasteiger partial charge is 0.462 e. The lowest BCUT2D eigenvalue weighted by Gasteiger charge is -2.10. The van der Waals surface area contributed by atoms with Gasteiger partial charge in [0, 0.05) is 18.0 Å². The van der Waals surface area contributed by atoms with E-state index in [1.165, 1.54) is 16.8 Å². The molecular formula is C20H20N4O4. The minimum Gasteiger partial charge on any atom is -0.462 e. The van der Waals surface area contributed by atoms with E-state index in [-0.39, 0.29) is 11.3 Å². The van der Waals surface area contributed by atoms with Gasteiger partial charge in [0.2, 0.25) is 0 Å². The van der Waals surface area contributed by atoms with E-state index in [0.29, 0.717) is 29.5 Å². The van der Waals surface area contributed by atoms with Crippen molar-refractivity contribution < 1.29 is 14.0 Å². The maximum atomic E-state index is 12.6. The number of aryl methyl sites for hydroxylation is 2. The van der Waals surface area contributed by atoms with Crippen molar-refractivity contribution in [1.82, 2.24) is 20.6 Å². The number of hydrogen-bond acceptors (Lipinski definition) is 5. The highest BCUT2D eigenvalue weighted by atomic mass is 16.3. The topological polar surface area (TPSA) is 106 Å². The molecule has 3 aromatic rings. The number of hydrogen-bond donors (Lipinski definition) is 2. The third-order valence-electron chi connectivity index (χ3n) is 3.98. The van der Waals surface area contributed by atoms with Gasteiger partial charge in [0.1, 0.15) is 11.5 Å². The van der Waals surface area contributed by atoms with E-state index < -0.39 is 11.8 Å². The van der Waals surface area contributed by atoms with Crippen LogP contribution in [-0.4, -0.2) is 21.6 Å². The molecular weight excluding hydrogens is 360 g/mol. The Hall–Kier alpha value is -3.68. The van der Waals surface area contributed by atoms with Crippen molar-refractivity contribution in [2.45, 2.75) is 26.8 Å². The van der Waals surface area contributed by atoms with Crippen molar-refractivity contribution in [3.05, 3.63) is 70.0 Å². The first kappa shape index (κ1) is 19.1. The van der Waals surface area contributed by atoms with Crippen LogP contribution in [0.25, 0.3) is 16.8 Å². The van der Waals surface area contributed by atoms with Gasteiger partial charge in [-0.15, -0.1) is 0 Å². The van der Waals surface area contributed by atoms with Crippen LogP contribution in [0.2, 0.25) is 0 Å². The molecule has 0 atom stereocenters. The second-order valence-corrected chi connectivity index (χ2v) is 6.15. The molecule has 0 saturated heterocycles. The zero-order chi connectivity index (χ0) is 20.1. The van der Waals surface area contributed by atoms with Crippen LogP contribution in [0.5, 0.6) is 0 Å². The number of furan rings is 1. The van der Waals surface area contributed by atoms with E-state index in [9.17, 15) is 14.4 Å². The smallest absolute Gasteiger partial charge is 0.290 e. The molecule has 1 aromatic carbocycles. The van der Waals surface area contributed by atoms with Gasteiger partial charge < -0.3 is 4.42 Å². The van der Waals surface area contributed by atoms with Crippen molar-refractivity contribution in [2.75, 3.05) is 0 Å². The molecule has 144 valence electrons. The third-order valence-corrected chi connectivity index (χ3v) is 3.98.